The number of benzene rings is 1. The van der Waals surface area contributed by atoms with Crippen LogP contribution in [0.3, 0.4) is 0 Å². The zero-order chi connectivity index (χ0) is 15.4. The molecule has 6 heteroatoms. The molecule has 1 aromatic carbocycles. The van der Waals surface area contributed by atoms with E-state index < -0.39 is 0 Å². The monoisotopic (exact) mass is 330 g/mol. The molecule has 1 atom stereocenters. The lowest BCUT2D eigenvalue weighted by molar-refractivity contribution is -0.152. The van der Waals surface area contributed by atoms with Crippen LogP contribution in [-0.4, -0.2) is 55.1 Å². The van der Waals surface area contributed by atoms with E-state index in [1.54, 1.807) is 6.07 Å². The van der Waals surface area contributed by atoms with Crippen LogP contribution < -0.4 is 0 Å². The van der Waals surface area contributed by atoms with Gasteiger partial charge in [-0.2, -0.15) is 0 Å². The van der Waals surface area contributed by atoms with E-state index in [0.29, 0.717) is 29.7 Å². The topological polar surface area (TPSA) is 32.8 Å². The van der Waals surface area contributed by atoms with Crippen molar-refractivity contribution < 1.29 is 9.53 Å². The Morgan fingerprint density at radius 3 is 2.76 bits per heavy atom. The van der Waals surface area contributed by atoms with Gasteiger partial charge in [0.05, 0.1) is 16.7 Å². The summed E-state index contributed by atoms with van der Waals surface area (Å²) in [7, 11) is 2.02. The van der Waals surface area contributed by atoms with Gasteiger partial charge in [-0.05, 0) is 31.7 Å². The molecule has 0 amide bonds. The normalized spacial score (nSPS) is 20.5. The summed E-state index contributed by atoms with van der Waals surface area (Å²) in [6.07, 6.45) is 0. The predicted molar refractivity (Wildman–Crippen MR) is 84.8 cm³/mol. The van der Waals surface area contributed by atoms with E-state index in [1.807, 2.05) is 26.1 Å². The molecule has 1 heterocycles. The van der Waals surface area contributed by atoms with Gasteiger partial charge < -0.3 is 9.64 Å². The van der Waals surface area contributed by atoms with Gasteiger partial charge in [-0.1, -0.05) is 29.3 Å². The van der Waals surface area contributed by atoms with Crippen molar-refractivity contribution in [3.8, 4) is 0 Å². The third-order valence-electron chi connectivity index (χ3n) is 3.62. The summed E-state index contributed by atoms with van der Waals surface area (Å²) in [6, 6.07) is 5.34. The number of hydrogen-bond donors (Lipinski definition) is 0. The molecule has 2 rings (SSSR count). The highest BCUT2D eigenvalue weighted by atomic mass is 35.5. The van der Waals surface area contributed by atoms with Crippen molar-refractivity contribution in [1.82, 2.24) is 9.80 Å². The molecule has 0 aliphatic carbocycles. The highest BCUT2D eigenvalue weighted by molar-refractivity contribution is 6.42. The molecular weight excluding hydrogens is 311 g/mol. The summed E-state index contributed by atoms with van der Waals surface area (Å²) in [5.41, 5.74) is 1.04. The van der Waals surface area contributed by atoms with E-state index >= 15 is 0 Å². The summed E-state index contributed by atoms with van der Waals surface area (Å²) in [5.74, 6) is -0.163. The summed E-state index contributed by atoms with van der Waals surface area (Å²) < 4.78 is 5.19. The molecule has 1 saturated heterocycles. The van der Waals surface area contributed by atoms with E-state index in [9.17, 15) is 4.79 Å². The number of carbonyl (C=O) groups excluding carboxylic acids is 1. The lowest BCUT2D eigenvalue weighted by atomic mass is 10.1. The number of piperazine rings is 1. The van der Waals surface area contributed by atoms with E-state index in [4.69, 9.17) is 27.9 Å². The van der Waals surface area contributed by atoms with Gasteiger partial charge in [0.25, 0.3) is 0 Å². The second-order valence-electron chi connectivity index (χ2n) is 5.25. The fourth-order valence-corrected chi connectivity index (χ4v) is 2.80. The first-order valence-corrected chi connectivity index (χ1v) is 7.80. The Balaban J connectivity index is 2.11. The first kappa shape index (κ1) is 16.6. The SMILES string of the molecule is CCOC(=O)C1CN(C)CCN1Cc1ccc(Cl)c(Cl)c1. The third kappa shape index (κ3) is 4.33. The standard InChI is InChI=1S/C15H20Cl2N2O2/c1-3-21-15(20)14-10-18(2)6-7-19(14)9-11-4-5-12(16)13(17)8-11/h4-5,8,14H,3,6-7,9-10H2,1-2H3. The number of rotatable bonds is 4. The van der Waals surface area contributed by atoms with Crippen LogP contribution in [0.5, 0.6) is 0 Å². The minimum absolute atomic E-state index is 0.163. The van der Waals surface area contributed by atoms with Crippen LogP contribution >= 0.6 is 23.2 Å². The summed E-state index contributed by atoms with van der Waals surface area (Å²) >= 11 is 12.0. The molecule has 1 aliphatic heterocycles. The van der Waals surface area contributed by atoms with E-state index in [1.165, 1.54) is 0 Å². The van der Waals surface area contributed by atoms with E-state index in [0.717, 1.165) is 18.7 Å². The number of likely N-dealkylation sites (N-methyl/N-ethyl adjacent to an activating group) is 1. The van der Waals surface area contributed by atoms with Crippen LogP contribution in [0.25, 0.3) is 0 Å². The van der Waals surface area contributed by atoms with Crippen LogP contribution in [0.1, 0.15) is 12.5 Å². The zero-order valence-corrected chi connectivity index (χ0v) is 13.8. The lowest BCUT2D eigenvalue weighted by Crippen LogP contribution is -2.55. The Labute approximate surface area is 135 Å². The molecule has 21 heavy (non-hydrogen) atoms. The minimum Gasteiger partial charge on any atom is -0.465 e. The second kappa shape index (κ2) is 7.45. The average Bonchev–Trinajstić information content (AvgIpc) is 2.45. The first-order valence-electron chi connectivity index (χ1n) is 7.04. The molecule has 0 bridgehead atoms. The number of halogens is 2. The summed E-state index contributed by atoms with van der Waals surface area (Å²) in [4.78, 5) is 16.4. The average molecular weight is 331 g/mol. The highest BCUT2D eigenvalue weighted by Crippen LogP contribution is 2.24. The van der Waals surface area contributed by atoms with E-state index in [2.05, 4.69) is 9.80 Å². The molecule has 1 fully saturated rings. The van der Waals surface area contributed by atoms with Crippen molar-refractivity contribution >= 4 is 29.2 Å². The first-order chi connectivity index (χ1) is 10.0. The Bertz CT molecular complexity index is 510. The summed E-state index contributed by atoms with van der Waals surface area (Å²) in [6.45, 7) is 5.32. The molecule has 0 saturated carbocycles. The van der Waals surface area contributed by atoms with E-state index in [-0.39, 0.29) is 12.0 Å². The second-order valence-corrected chi connectivity index (χ2v) is 6.06. The largest absolute Gasteiger partial charge is 0.465 e. The zero-order valence-electron chi connectivity index (χ0n) is 12.3. The van der Waals surface area contributed by atoms with Crippen molar-refractivity contribution in [2.45, 2.75) is 19.5 Å². The van der Waals surface area contributed by atoms with Crippen molar-refractivity contribution in [3.05, 3.63) is 33.8 Å². The Kier molecular flexibility index (Phi) is 5.88. The maximum atomic E-state index is 12.1. The Morgan fingerprint density at radius 1 is 1.33 bits per heavy atom. The van der Waals surface area contributed by atoms with Gasteiger partial charge in [0, 0.05) is 26.2 Å². The molecular formula is C15H20Cl2N2O2. The molecule has 0 radical (unpaired) electrons. The molecule has 116 valence electrons. The molecule has 1 aliphatic rings. The smallest absolute Gasteiger partial charge is 0.324 e. The van der Waals surface area contributed by atoms with Gasteiger partial charge in [-0.15, -0.1) is 0 Å². The van der Waals surface area contributed by atoms with Crippen LogP contribution in [-0.2, 0) is 16.1 Å². The van der Waals surface area contributed by atoms with Crippen LogP contribution in [0, 0.1) is 0 Å². The highest BCUT2D eigenvalue weighted by Gasteiger charge is 2.32. The van der Waals surface area contributed by atoms with Gasteiger partial charge in [-0.25, -0.2) is 0 Å². The van der Waals surface area contributed by atoms with Crippen molar-refractivity contribution in [1.29, 1.82) is 0 Å². The number of ether oxygens (including phenoxy) is 1. The lowest BCUT2D eigenvalue weighted by Gasteiger charge is -2.38. The molecule has 1 aromatic rings. The number of hydrogen-bond acceptors (Lipinski definition) is 4. The molecule has 0 aromatic heterocycles. The molecule has 0 N–H and O–H groups in total. The molecule has 1 unspecified atom stereocenters. The Morgan fingerprint density at radius 2 is 2.10 bits per heavy atom. The predicted octanol–water partition coefficient (Wildman–Crippen LogP) is 2.67. The fraction of sp³-hybridized carbons (Fsp3) is 0.533. The number of carbonyl (C=O) groups is 1. The fourth-order valence-electron chi connectivity index (χ4n) is 2.48. The molecule has 4 nitrogen and oxygen atoms in total. The molecule has 0 spiro atoms. The maximum Gasteiger partial charge on any atom is 0.324 e. The maximum absolute atomic E-state index is 12.1. The van der Waals surface area contributed by atoms with Gasteiger partial charge in [-0.3, -0.25) is 9.69 Å². The van der Waals surface area contributed by atoms with Gasteiger partial charge >= 0.3 is 5.97 Å². The van der Waals surface area contributed by atoms with Crippen LogP contribution in [0.15, 0.2) is 18.2 Å². The van der Waals surface area contributed by atoms with Crippen molar-refractivity contribution in [3.63, 3.8) is 0 Å². The van der Waals surface area contributed by atoms with Crippen molar-refractivity contribution in [2.75, 3.05) is 33.3 Å². The van der Waals surface area contributed by atoms with Crippen LogP contribution in [0.2, 0.25) is 10.0 Å². The number of nitrogens with zero attached hydrogens (tertiary/aromatic N) is 2. The quantitative estimate of drug-likeness (QED) is 0.794. The van der Waals surface area contributed by atoms with Crippen LogP contribution in [0.4, 0.5) is 0 Å². The van der Waals surface area contributed by atoms with Gasteiger partial charge in [0.15, 0.2) is 0 Å². The third-order valence-corrected chi connectivity index (χ3v) is 4.36. The van der Waals surface area contributed by atoms with Crippen molar-refractivity contribution in [2.24, 2.45) is 0 Å². The summed E-state index contributed by atoms with van der Waals surface area (Å²) in [5, 5.41) is 1.08. The Hall–Kier alpha value is -0.810. The van der Waals surface area contributed by atoms with Gasteiger partial charge in [0.2, 0.25) is 0 Å². The number of esters is 1. The van der Waals surface area contributed by atoms with Gasteiger partial charge in [0.1, 0.15) is 6.04 Å². The minimum atomic E-state index is -0.238.